The van der Waals surface area contributed by atoms with E-state index in [1.54, 1.807) is 0 Å². The summed E-state index contributed by atoms with van der Waals surface area (Å²) in [6.07, 6.45) is -4.80. The van der Waals surface area contributed by atoms with Gasteiger partial charge in [0, 0.05) is 12.6 Å². The second-order valence-electron chi connectivity index (χ2n) is 2.37. The van der Waals surface area contributed by atoms with Gasteiger partial charge in [0.15, 0.2) is 0 Å². The lowest BCUT2D eigenvalue weighted by Gasteiger charge is -2.09. The number of aromatic hydroxyl groups is 1. The molecule has 0 bridgehead atoms. The van der Waals surface area contributed by atoms with E-state index in [9.17, 15) is 13.2 Å². The maximum Gasteiger partial charge on any atom is 0.574 e. The largest absolute Gasteiger partial charge is 0.574 e. The van der Waals surface area contributed by atoms with Crippen LogP contribution in [0.2, 0.25) is 0 Å². The highest BCUT2D eigenvalue weighted by Gasteiger charge is 2.31. The third-order valence-electron chi connectivity index (χ3n) is 1.34. The van der Waals surface area contributed by atoms with E-state index in [2.05, 4.69) is 9.72 Å². The van der Waals surface area contributed by atoms with E-state index < -0.39 is 12.2 Å². The number of hydrogen-bond acceptors (Lipinski definition) is 4. The van der Waals surface area contributed by atoms with Gasteiger partial charge in [0.05, 0.1) is 5.69 Å². The van der Waals surface area contributed by atoms with Crippen LogP contribution in [0, 0.1) is 0 Å². The van der Waals surface area contributed by atoms with Crippen molar-refractivity contribution < 1.29 is 23.0 Å². The zero-order valence-corrected chi connectivity index (χ0v) is 6.88. The van der Waals surface area contributed by atoms with Crippen molar-refractivity contribution in [3.05, 3.63) is 17.8 Å². The average Bonchev–Trinajstić information content (AvgIpc) is 2.06. The number of alkyl halides is 3. The van der Waals surface area contributed by atoms with Gasteiger partial charge >= 0.3 is 6.36 Å². The molecule has 1 rings (SSSR count). The predicted octanol–water partition coefficient (Wildman–Crippen LogP) is 1.14. The quantitative estimate of drug-likeness (QED) is 0.764. The molecule has 1 aromatic heterocycles. The van der Waals surface area contributed by atoms with Gasteiger partial charge in [-0.3, -0.25) is 0 Å². The Labute approximate surface area is 77.1 Å². The zero-order valence-electron chi connectivity index (χ0n) is 6.88. The van der Waals surface area contributed by atoms with Gasteiger partial charge in [-0.05, 0) is 6.07 Å². The number of halogens is 3. The molecule has 0 fully saturated rings. The highest BCUT2D eigenvalue weighted by molar-refractivity contribution is 5.30. The van der Waals surface area contributed by atoms with Crippen LogP contribution in [-0.2, 0) is 6.54 Å². The Morgan fingerprint density at radius 2 is 2.07 bits per heavy atom. The van der Waals surface area contributed by atoms with Gasteiger partial charge in [-0.25, -0.2) is 4.98 Å². The van der Waals surface area contributed by atoms with Gasteiger partial charge in [0.1, 0.15) is 5.75 Å². The fourth-order valence-corrected chi connectivity index (χ4v) is 0.800. The summed E-state index contributed by atoms with van der Waals surface area (Å²) in [7, 11) is 0. The molecule has 0 radical (unpaired) electrons. The highest BCUT2D eigenvalue weighted by atomic mass is 19.4. The monoisotopic (exact) mass is 208 g/mol. The van der Waals surface area contributed by atoms with Crippen LogP contribution in [0.25, 0.3) is 0 Å². The van der Waals surface area contributed by atoms with Gasteiger partial charge < -0.3 is 15.6 Å². The first-order valence-electron chi connectivity index (χ1n) is 3.57. The van der Waals surface area contributed by atoms with Crippen molar-refractivity contribution in [1.82, 2.24) is 4.98 Å². The Balaban J connectivity index is 2.90. The maximum absolute atomic E-state index is 11.7. The molecule has 3 N–H and O–H groups in total. The molecule has 0 amide bonds. The zero-order chi connectivity index (χ0) is 10.8. The van der Waals surface area contributed by atoms with Crippen molar-refractivity contribution in [2.24, 2.45) is 5.73 Å². The summed E-state index contributed by atoms with van der Waals surface area (Å²) in [6, 6.07) is 1.94. The van der Waals surface area contributed by atoms with Gasteiger partial charge in [-0.15, -0.1) is 13.2 Å². The molecule has 0 saturated heterocycles. The Hall–Kier alpha value is -1.50. The number of hydrogen-bond donors (Lipinski definition) is 2. The number of aromatic nitrogens is 1. The topological polar surface area (TPSA) is 68.4 Å². The molecule has 14 heavy (non-hydrogen) atoms. The van der Waals surface area contributed by atoms with Crippen LogP contribution < -0.4 is 10.5 Å². The summed E-state index contributed by atoms with van der Waals surface area (Å²) in [5.41, 5.74) is 5.07. The van der Waals surface area contributed by atoms with Crippen LogP contribution >= 0.6 is 0 Å². The van der Waals surface area contributed by atoms with Crippen LogP contribution in [0.4, 0.5) is 13.2 Å². The summed E-state index contributed by atoms with van der Waals surface area (Å²) in [5.74, 6) is -0.905. The smallest absolute Gasteiger partial charge is 0.506 e. The summed E-state index contributed by atoms with van der Waals surface area (Å²) in [4.78, 5) is 3.36. The van der Waals surface area contributed by atoms with Gasteiger partial charge in [-0.1, -0.05) is 0 Å². The minimum atomic E-state index is -4.80. The normalized spacial score (nSPS) is 11.4. The van der Waals surface area contributed by atoms with Crippen molar-refractivity contribution in [1.29, 1.82) is 0 Å². The molecule has 7 heteroatoms. The maximum atomic E-state index is 11.7. The number of ether oxygens (including phenoxy) is 1. The first-order valence-corrected chi connectivity index (χ1v) is 3.57. The van der Waals surface area contributed by atoms with E-state index in [1.165, 1.54) is 0 Å². The van der Waals surface area contributed by atoms with E-state index in [0.717, 1.165) is 12.1 Å². The van der Waals surface area contributed by atoms with Gasteiger partial charge in [-0.2, -0.15) is 0 Å². The second kappa shape index (κ2) is 3.70. The minimum Gasteiger partial charge on any atom is -0.506 e. The summed E-state index contributed by atoms with van der Waals surface area (Å²) >= 11 is 0. The highest BCUT2D eigenvalue weighted by Crippen LogP contribution is 2.23. The molecular weight excluding hydrogens is 201 g/mol. The van der Waals surface area contributed by atoms with Gasteiger partial charge in [0.25, 0.3) is 0 Å². The average molecular weight is 208 g/mol. The van der Waals surface area contributed by atoms with Crippen LogP contribution in [0.1, 0.15) is 5.69 Å². The first kappa shape index (κ1) is 10.6. The minimum absolute atomic E-state index is 0.0493. The van der Waals surface area contributed by atoms with E-state index >= 15 is 0 Å². The fraction of sp³-hybridized carbons (Fsp3) is 0.286. The van der Waals surface area contributed by atoms with Crippen LogP contribution in [0.15, 0.2) is 12.1 Å². The van der Waals surface area contributed by atoms with Crippen LogP contribution in [0.5, 0.6) is 11.6 Å². The SMILES string of the molecule is NCc1nc(OC(F)(F)F)ccc1O. The van der Waals surface area contributed by atoms with E-state index in [4.69, 9.17) is 10.8 Å². The standard InChI is InChI=1S/C7H7F3N2O2/c8-7(9,10)14-6-2-1-5(13)4(3-11)12-6/h1-2,13H,3,11H2. The van der Waals surface area contributed by atoms with E-state index in [1.807, 2.05) is 0 Å². The molecule has 78 valence electrons. The van der Waals surface area contributed by atoms with Crippen molar-refractivity contribution in [3.8, 4) is 11.6 Å². The molecular formula is C7H7F3N2O2. The van der Waals surface area contributed by atoms with Gasteiger partial charge in [0.2, 0.25) is 5.88 Å². The van der Waals surface area contributed by atoms with E-state index in [-0.39, 0.29) is 18.0 Å². The lowest BCUT2D eigenvalue weighted by atomic mass is 10.3. The number of nitrogens with zero attached hydrogens (tertiary/aromatic N) is 1. The molecule has 0 saturated carbocycles. The number of nitrogens with two attached hydrogens (primary N) is 1. The molecule has 0 spiro atoms. The fourth-order valence-electron chi connectivity index (χ4n) is 0.800. The molecule has 0 aliphatic rings. The summed E-state index contributed by atoms with van der Waals surface area (Å²) < 4.78 is 38.7. The Morgan fingerprint density at radius 3 is 2.57 bits per heavy atom. The molecule has 0 unspecified atom stereocenters. The third-order valence-corrected chi connectivity index (χ3v) is 1.34. The summed E-state index contributed by atoms with van der Waals surface area (Å²) in [6.45, 7) is -0.166. The molecule has 0 atom stereocenters. The predicted molar refractivity (Wildman–Crippen MR) is 40.5 cm³/mol. The molecule has 0 aromatic carbocycles. The molecule has 1 aromatic rings. The lowest BCUT2D eigenvalue weighted by molar-refractivity contribution is -0.276. The van der Waals surface area contributed by atoms with Crippen molar-refractivity contribution in [2.75, 3.05) is 0 Å². The number of pyridine rings is 1. The molecule has 0 aliphatic carbocycles. The van der Waals surface area contributed by atoms with Crippen molar-refractivity contribution in [3.63, 3.8) is 0 Å². The Kier molecular flexibility index (Phi) is 2.80. The first-order chi connectivity index (χ1) is 6.42. The van der Waals surface area contributed by atoms with Crippen molar-refractivity contribution in [2.45, 2.75) is 12.9 Å². The molecule has 4 nitrogen and oxygen atoms in total. The van der Waals surface area contributed by atoms with E-state index in [0.29, 0.717) is 0 Å². The lowest BCUT2D eigenvalue weighted by Crippen LogP contribution is -2.18. The second-order valence-corrected chi connectivity index (χ2v) is 2.37. The Bertz CT molecular complexity index is 327. The van der Waals surface area contributed by atoms with Crippen molar-refractivity contribution >= 4 is 0 Å². The number of rotatable bonds is 2. The molecule has 1 heterocycles. The molecule has 0 aliphatic heterocycles. The third kappa shape index (κ3) is 2.77. The van der Waals surface area contributed by atoms with Crippen LogP contribution in [-0.4, -0.2) is 16.5 Å². The van der Waals surface area contributed by atoms with Crippen LogP contribution in [0.3, 0.4) is 0 Å². The summed E-state index contributed by atoms with van der Waals surface area (Å²) in [5, 5.41) is 9.05. The Morgan fingerprint density at radius 1 is 1.43 bits per heavy atom.